The minimum atomic E-state index is -0.511. The number of hydrazine groups is 1. The fourth-order valence-electron chi connectivity index (χ4n) is 2.30. The van der Waals surface area contributed by atoms with Gasteiger partial charge in [-0.15, -0.1) is 0 Å². The van der Waals surface area contributed by atoms with Gasteiger partial charge in [-0.25, -0.2) is 0 Å². The van der Waals surface area contributed by atoms with Crippen molar-refractivity contribution in [1.29, 1.82) is 0 Å². The maximum atomic E-state index is 12.3. The summed E-state index contributed by atoms with van der Waals surface area (Å²) in [6.45, 7) is 0. The van der Waals surface area contributed by atoms with Gasteiger partial charge < -0.3 is 5.32 Å². The molecule has 0 unspecified atom stereocenters. The van der Waals surface area contributed by atoms with Crippen molar-refractivity contribution >= 4 is 39.3 Å². The summed E-state index contributed by atoms with van der Waals surface area (Å²) in [5.74, 6) is -1.29. The lowest BCUT2D eigenvalue weighted by Crippen LogP contribution is -2.41. The molecule has 0 bridgehead atoms. The molecule has 0 aliphatic carbocycles. The predicted molar refractivity (Wildman–Crippen MR) is 108 cm³/mol. The molecule has 3 rings (SSSR count). The molecule has 7 nitrogen and oxygen atoms in total. The number of anilines is 1. The molecule has 0 saturated carbocycles. The van der Waals surface area contributed by atoms with Crippen molar-refractivity contribution in [2.75, 3.05) is 5.32 Å². The minimum Gasteiger partial charge on any atom is -0.322 e. The van der Waals surface area contributed by atoms with Gasteiger partial charge in [0.25, 0.3) is 17.7 Å². The minimum absolute atomic E-state index is 0.278. The van der Waals surface area contributed by atoms with Crippen LogP contribution in [0, 0.1) is 0 Å². The van der Waals surface area contributed by atoms with Gasteiger partial charge >= 0.3 is 0 Å². The summed E-state index contributed by atoms with van der Waals surface area (Å²) < 4.78 is 0.846. The number of benzene rings is 2. The lowest BCUT2D eigenvalue weighted by Gasteiger charge is -2.09. The Bertz CT molecular complexity index is 1010. The highest BCUT2D eigenvalue weighted by atomic mass is 79.9. The van der Waals surface area contributed by atoms with E-state index in [2.05, 4.69) is 37.1 Å². The molecular formula is C20H15BrN4O3. The molecule has 3 aromatic rings. The maximum Gasteiger partial charge on any atom is 0.269 e. The molecule has 0 aliphatic rings. The van der Waals surface area contributed by atoms with E-state index < -0.39 is 11.8 Å². The largest absolute Gasteiger partial charge is 0.322 e. The highest BCUT2D eigenvalue weighted by Gasteiger charge is 2.11. The number of rotatable bonds is 4. The van der Waals surface area contributed by atoms with Crippen LogP contribution in [0.5, 0.6) is 0 Å². The van der Waals surface area contributed by atoms with Gasteiger partial charge in [-0.05, 0) is 54.6 Å². The second kappa shape index (κ2) is 8.92. The fourth-order valence-corrected chi connectivity index (χ4v) is 2.56. The molecule has 0 spiro atoms. The van der Waals surface area contributed by atoms with Gasteiger partial charge in [0.2, 0.25) is 0 Å². The van der Waals surface area contributed by atoms with Gasteiger partial charge in [-0.2, -0.15) is 0 Å². The number of hydrogen-bond donors (Lipinski definition) is 3. The summed E-state index contributed by atoms with van der Waals surface area (Å²) >= 11 is 3.29. The second-order valence-corrected chi connectivity index (χ2v) is 6.61. The quantitative estimate of drug-likeness (QED) is 0.544. The molecule has 1 heterocycles. The summed E-state index contributed by atoms with van der Waals surface area (Å²) in [5, 5.41) is 2.70. The van der Waals surface area contributed by atoms with E-state index in [1.54, 1.807) is 60.8 Å². The van der Waals surface area contributed by atoms with Crippen molar-refractivity contribution in [3.05, 3.63) is 94.2 Å². The molecule has 0 aliphatic heterocycles. The summed E-state index contributed by atoms with van der Waals surface area (Å²) in [6, 6.07) is 16.4. The van der Waals surface area contributed by atoms with Gasteiger partial charge in [-0.1, -0.05) is 22.0 Å². The van der Waals surface area contributed by atoms with Crippen LogP contribution in [0.2, 0.25) is 0 Å². The van der Waals surface area contributed by atoms with Gasteiger partial charge in [-0.3, -0.25) is 30.2 Å². The molecule has 0 atom stereocenters. The number of pyridine rings is 1. The molecular weight excluding hydrogens is 424 g/mol. The number of aromatic nitrogens is 1. The number of nitrogens with one attached hydrogen (secondary N) is 3. The number of halogens is 1. The average molecular weight is 439 g/mol. The van der Waals surface area contributed by atoms with Gasteiger partial charge in [0, 0.05) is 33.7 Å². The van der Waals surface area contributed by atoms with E-state index in [0.717, 1.165) is 4.47 Å². The van der Waals surface area contributed by atoms with Crippen LogP contribution in [-0.2, 0) is 0 Å². The maximum absolute atomic E-state index is 12.3. The zero-order chi connectivity index (χ0) is 19.9. The first-order valence-electron chi connectivity index (χ1n) is 8.20. The van der Waals surface area contributed by atoms with Crippen LogP contribution in [0.15, 0.2) is 77.5 Å². The van der Waals surface area contributed by atoms with E-state index >= 15 is 0 Å². The molecule has 0 saturated heterocycles. The third kappa shape index (κ3) is 5.01. The topological polar surface area (TPSA) is 100 Å². The lowest BCUT2D eigenvalue weighted by molar-refractivity contribution is 0.0846. The molecule has 0 radical (unpaired) electrons. The SMILES string of the molecule is O=C(NNC(=O)c1cccc(NC(=O)c2cccnc2)c1)c1ccc(Br)cc1. The van der Waals surface area contributed by atoms with Gasteiger partial charge in [0.05, 0.1) is 5.56 Å². The van der Waals surface area contributed by atoms with Crippen LogP contribution < -0.4 is 16.2 Å². The van der Waals surface area contributed by atoms with E-state index in [1.807, 2.05) is 0 Å². The van der Waals surface area contributed by atoms with Crippen LogP contribution in [0.4, 0.5) is 5.69 Å². The van der Waals surface area contributed by atoms with Crippen molar-refractivity contribution in [2.45, 2.75) is 0 Å². The molecule has 3 amide bonds. The molecule has 1 aromatic heterocycles. The molecule has 3 N–H and O–H groups in total. The normalized spacial score (nSPS) is 10.0. The first-order chi connectivity index (χ1) is 13.5. The Labute approximate surface area is 169 Å². The van der Waals surface area contributed by atoms with Gasteiger partial charge in [0.15, 0.2) is 0 Å². The molecule has 140 valence electrons. The van der Waals surface area contributed by atoms with Crippen molar-refractivity contribution in [3.63, 3.8) is 0 Å². The predicted octanol–water partition coefficient (Wildman–Crippen LogP) is 3.17. The number of hydrogen-bond acceptors (Lipinski definition) is 4. The van der Waals surface area contributed by atoms with Gasteiger partial charge in [0.1, 0.15) is 0 Å². The number of carbonyl (C=O) groups is 3. The van der Waals surface area contributed by atoms with Crippen molar-refractivity contribution in [2.24, 2.45) is 0 Å². The van der Waals surface area contributed by atoms with E-state index in [1.165, 1.54) is 12.3 Å². The zero-order valence-corrected chi connectivity index (χ0v) is 16.1. The molecule has 2 aromatic carbocycles. The Kier molecular flexibility index (Phi) is 6.13. The van der Waals surface area contributed by atoms with E-state index in [4.69, 9.17) is 0 Å². The summed E-state index contributed by atoms with van der Waals surface area (Å²) in [5.41, 5.74) is 6.23. The van der Waals surface area contributed by atoms with Crippen LogP contribution in [0.25, 0.3) is 0 Å². The monoisotopic (exact) mass is 438 g/mol. The third-order valence-electron chi connectivity index (χ3n) is 3.70. The van der Waals surface area contributed by atoms with E-state index in [0.29, 0.717) is 16.8 Å². The summed E-state index contributed by atoms with van der Waals surface area (Å²) in [7, 11) is 0. The van der Waals surface area contributed by atoms with Crippen LogP contribution in [0.1, 0.15) is 31.1 Å². The third-order valence-corrected chi connectivity index (χ3v) is 4.23. The lowest BCUT2D eigenvalue weighted by atomic mass is 10.2. The Morgan fingerprint density at radius 1 is 0.750 bits per heavy atom. The first-order valence-corrected chi connectivity index (χ1v) is 9.00. The molecule has 8 heteroatoms. The Morgan fingerprint density at radius 2 is 1.43 bits per heavy atom. The zero-order valence-electron chi connectivity index (χ0n) is 14.5. The van der Waals surface area contributed by atoms with Crippen molar-refractivity contribution in [1.82, 2.24) is 15.8 Å². The highest BCUT2D eigenvalue weighted by Crippen LogP contribution is 2.13. The first kappa shape index (κ1) is 19.2. The Balaban J connectivity index is 1.61. The Morgan fingerprint density at radius 3 is 2.11 bits per heavy atom. The van der Waals surface area contributed by atoms with E-state index in [-0.39, 0.29) is 11.5 Å². The van der Waals surface area contributed by atoms with Crippen molar-refractivity contribution < 1.29 is 14.4 Å². The molecule has 28 heavy (non-hydrogen) atoms. The number of amides is 3. The number of carbonyl (C=O) groups excluding carboxylic acids is 3. The number of nitrogens with zero attached hydrogens (tertiary/aromatic N) is 1. The van der Waals surface area contributed by atoms with Crippen LogP contribution in [-0.4, -0.2) is 22.7 Å². The van der Waals surface area contributed by atoms with Crippen LogP contribution in [0.3, 0.4) is 0 Å². The summed E-state index contributed by atoms with van der Waals surface area (Å²) in [4.78, 5) is 40.4. The summed E-state index contributed by atoms with van der Waals surface area (Å²) in [6.07, 6.45) is 3.02. The standard InChI is InChI=1S/C20H15BrN4O3/c21-16-8-6-13(7-9-16)19(27)24-25-20(28)14-3-1-5-17(11-14)23-18(26)15-4-2-10-22-12-15/h1-12H,(H,23,26)(H,24,27)(H,25,28). The van der Waals surface area contributed by atoms with Crippen molar-refractivity contribution in [3.8, 4) is 0 Å². The average Bonchev–Trinajstić information content (AvgIpc) is 2.73. The molecule has 0 fully saturated rings. The second-order valence-electron chi connectivity index (χ2n) is 5.69. The van der Waals surface area contributed by atoms with Crippen LogP contribution >= 0.6 is 15.9 Å². The Hall–Kier alpha value is -3.52. The highest BCUT2D eigenvalue weighted by molar-refractivity contribution is 9.10. The fraction of sp³-hybridized carbons (Fsp3) is 0. The van der Waals surface area contributed by atoms with E-state index in [9.17, 15) is 14.4 Å². The smallest absolute Gasteiger partial charge is 0.269 e.